The summed E-state index contributed by atoms with van der Waals surface area (Å²) in [6.07, 6.45) is 7.86. The van der Waals surface area contributed by atoms with Gasteiger partial charge < -0.3 is 9.47 Å². The molecule has 0 aromatic heterocycles. The van der Waals surface area contributed by atoms with Crippen molar-refractivity contribution in [2.24, 2.45) is 11.8 Å². The summed E-state index contributed by atoms with van der Waals surface area (Å²) in [5.41, 5.74) is 0. The van der Waals surface area contributed by atoms with Crippen LogP contribution in [0.5, 0.6) is 0 Å². The van der Waals surface area contributed by atoms with Crippen molar-refractivity contribution < 1.29 is 14.3 Å². The van der Waals surface area contributed by atoms with Gasteiger partial charge in [-0.3, -0.25) is 4.79 Å². The van der Waals surface area contributed by atoms with E-state index in [1.54, 1.807) is 7.11 Å². The second-order valence-electron chi connectivity index (χ2n) is 5.26. The Hall–Kier alpha value is -0.570. The molecule has 0 N–H and O–H groups in total. The number of rotatable bonds is 8. The monoisotopic (exact) mass is 242 g/mol. The molecule has 0 aliphatic heterocycles. The van der Waals surface area contributed by atoms with Gasteiger partial charge in [-0.1, -0.05) is 32.6 Å². The standard InChI is InChI=1S/C14H26O3/c1-12(9-10-16-2)11-17-14(15)8-7-13-5-3-4-6-13/h12-13H,3-11H2,1-2H3. The van der Waals surface area contributed by atoms with E-state index in [-0.39, 0.29) is 5.97 Å². The van der Waals surface area contributed by atoms with E-state index in [1.165, 1.54) is 25.7 Å². The maximum Gasteiger partial charge on any atom is 0.305 e. The molecule has 1 aliphatic rings. The molecule has 1 aliphatic carbocycles. The third-order valence-corrected chi connectivity index (χ3v) is 3.58. The largest absolute Gasteiger partial charge is 0.465 e. The van der Waals surface area contributed by atoms with E-state index in [0.717, 1.165) is 25.4 Å². The molecule has 0 aromatic carbocycles. The zero-order valence-corrected chi connectivity index (χ0v) is 11.2. The first-order valence-corrected chi connectivity index (χ1v) is 6.87. The van der Waals surface area contributed by atoms with Gasteiger partial charge in [0.05, 0.1) is 6.61 Å². The summed E-state index contributed by atoms with van der Waals surface area (Å²) >= 11 is 0. The van der Waals surface area contributed by atoms with Gasteiger partial charge >= 0.3 is 5.97 Å². The Kier molecular flexibility index (Phi) is 7.25. The summed E-state index contributed by atoms with van der Waals surface area (Å²) in [5.74, 6) is 1.14. The number of carbonyl (C=O) groups excluding carboxylic acids is 1. The fourth-order valence-electron chi connectivity index (χ4n) is 2.33. The molecule has 1 atom stereocenters. The van der Waals surface area contributed by atoms with E-state index < -0.39 is 0 Å². The lowest BCUT2D eigenvalue weighted by molar-refractivity contribution is -0.145. The minimum Gasteiger partial charge on any atom is -0.465 e. The predicted molar refractivity (Wildman–Crippen MR) is 67.8 cm³/mol. The molecule has 0 saturated heterocycles. The van der Waals surface area contributed by atoms with E-state index in [0.29, 0.717) is 18.9 Å². The Morgan fingerprint density at radius 3 is 2.71 bits per heavy atom. The maximum absolute atomic E-state index is 11.5. The zero-order chi connectivity index (χ0) is 12.5. The third-order valence-electron chi connectivity index (χ3n) is 3.58. The van der Waals surface area contributed by atoms with Gasteiger partial charge in [0.2, 0.25) is 0 Å². The molecule has 0 radical (unpaired) electrons. The Bertz CT molecular complexity index is 210. The van der Waals surface area contributed by atoms with Gasteiger partial charge in [0.15, 0.2) is 0 Å². The minimum absolute atomic E-state index is 0.0267. The highest BCUT2D eigenvalue weighted by molar-refractivity contribution is 5.69. The van der Waals surface area contributed by atoms with Crippen LogP contribution in [-0.2, 0) is 14.3 Å². The number of esters is 1. The first-order valence-electron chi connectivity index (χ1n) is 6.87. The average molecular weight is 242 g/mol. The van der Waals surface area contributed by atoms with E-state index >= 15 is 0 Å². The zero-order valence-electron chi connectivity index (χ0n) is 11.2. The molecule has 3 nitrogen and oxygen atoms in total. The van der Waals surface area contributed by atoms with E-state index in [4.69, 9.17) is 9.47 Å². The highest BCUT2D eigenvalue weighted by Gasteiger charge is 2.16. The second kappa shape index (κ2) is 8.51. The van der Waals surface area contributed by atoms with Crippen LogP contribution < -0.4 is 0 Å². The summed E-state index contributed by atoms with van der Waals surface area (Å²) < 4.78 is 10.3. The summed E-state index contributed by atoms with van der Waals surface area (Å²) in [4.78, 5) is 11.5. The minimum atomic E-state index is -0.0267. The van der Waals surface area contributed by atoms with Crippen LogP contribution in [0.1, 0.15) is 51.9 Å². The SMILES string of the molecule is COCCC(C)COC(=O)CCC1CCCC1. The first kappa shape index (κ1) is 14.5. The molecule has 17 heavy (non-hydrogen) atoms. The number of hydrogen-bond acceptors (Lipinski definition) is 3. The molecule has 0 heterocycles. The lowest BCUT2D eigenvalue weighted by atomic mass is 10.0. The molecular weight excluding hydrogens is 216 g/mol. The van der Waals surface area contributed by atoms with Gasteiger partial charge in [-0.2, -0.15) is 0 Å². The maximum atomic E-state index is 11.5. The van der Waals surface area contributed by atoms with Crippen LogP contribution in [0.2, 0.25) is 0 Å². The smallest absolute Gasteiger partial charge is 0.305 e. The molecule has 1 fully saturated rings. The van der Waals surface area contributed by atoms with E-state index in [1.807, 2.05) is 0 Å². The van der Waals surface area contributed by atoms with Crippen molar-refractivity contribution in [2.45, 2.75) is 51.9 Å². The van der Waals surface area contributed by atoms with Crippen molar-refractivity contribution in [3.05, 3.63) is 0 Å². The quantitative estimate of drug-likeness (QED) is 0.613. The normalized spacial score (nSPS) is 18.2. The fraction of sp³-hybridized carbons (Fsp3) is 0.929. The van der Waals surface area contributed by atoms with Gasteiger partial charge in [0, 0.05) is 20.1 Å². The summed E-state index contributed by atoms with van der Waals surface area (Å²) in [6, 6.07) is 0. The Labute approximate surface area is 105 Å². The number of hydrogen-bond donors (Lipinski definition) is 0. The Morgan fingerprint density at radius 2 is 2.06 bits per heavy atom. The molecule has 0 amide bonds. The predicted octanol–water partition coefficient (Wildman–Crippen LogP) is 3.17. The molecule has 0 aromatic rings. The lowest BCUT2D eigenvalue weighted by Crippen LogP contribution is -2.14. The molecule has 0 spiro atoms. The molecule has 0 bridgehead atoms. The van der Waals surface area contributed by atoms with Gasteiger partial charge in [0.1, 0.15) is 0 Å². The first-order chi connectivity index (χ1) is 8.22. The fourth-order valence-corrected chi connectivity index (χ4v) is 2.33. The highest BCUT2D eigenvalue weighted by atomic mass is 16.5. The van der Waals surface area contributed by atoms with Crippen LogP contribution in [0.3, 0.4) is 0 Å². The summed E-state index contributed by atoms with van der Waals surface area (Å²) in [5, 5.41) is 0. The van der Waals surface area contributed by atoms with Gasteiger partial charge in [-0.15, -0.1) is 0 Å². The van der Waals surface area contributed by atoms with Gasteiger partial charge in [-0.25, -0.2) is 0 Å². The van der Waals surface area contributed by atoms with Crippen molar-refractivity contribution in [1.29, 1.82) is 0 Å². The molecule has 1 unspecified atom stereocenters. The van der Waals surface area contributed by atoms with Crippen LogP contribution in [-0.4, -0.2) is 26.3 Å². The molecular formula is C14H26O3. The summed E-state index contributed by atoms with van der Waals surface area (Å²) in [7, 11) is 1.69. The van der Waals surface area contributed by atoms with Crippen LogP contribution in [0.15, 0.2) is 0 Å². The van der Waals surface area contributed by atoms with Crippen LogP contribution >= 0.6 is 0 Å². The topological polar surface area (TPSA) is 35.5 Å². The number of carbonyl (C=O) groups is 1. The van der Waals surface area contributed by atoms with Crippen molar-refractivity contribution in [1.82, 2.24) is 0 Å². The molecule has 1 saturated carbocycles. The lowest BCUT2D eigenvalue weighted by Gasteiger charge is -2.12. The van der Waals surface area contributed by atoms with Crippen molar-refractivity contribution in [2.75, 3.05) is 20.3 Å². The second-order valence-corrected chi connectivity index (χ2v) is 5.26. The Morgan fingerprint density at radius 1 is 1.35 bits per heavy atom. The van der Waals surface area contributed by atoms with Crippen LogP contribution in [0, 0.1) is 11.8 Å². The van der Waals surface area contributed by atoms with E-state index in [9.17, 15) is 4.79 Å². The molecule has 1 rings (SSSR count). The van der Waals surface area contributed by atoms with E-state index in [2.05, 4.69) is 6.92 Å². The van der Waals surface area contributed by atoms with Gasteiger partial charge in [-0.05, 0) is 24.7 Å². The summed E-state index contributed by atoms with van der Waals surface area (Å²) in [6.45, 7) is 3.36. The number of ether oxygens (including phenoxy) is 2. The third kappa shape index (κ3) is 6.67. The van der Waals surface area contributed by atoms with Crippen LogP contribution in [0.25, 0.3) is 0 Å². The average Bonchev–Trinajstić information content (AvgIpc) is 2.84. The number of methoxy groups -OCH3 is 1. The molecule has 3 heteroatoms. The highest BCUT2D eigenvalue weighted by Crippen LogP contribution is 2.28. The van der Waals surface area contributed by atoms with Crippen molar-refractivity contribution in [3.8, 4) is 0 Å². The van der Waals surface area contributed by atoms with Crippen LogP contribution in [0.4, 0.5) is 0 Å². The van der Waals surface area contributed by atoms with Crippen molar-refractivity contribution in [3.63, 3.8) is 0 Å². The Balaban J connectivity index is 2.00. The van der Waals surface area contributed by atoms with Gasteiger partial charge in [0.25, 0.3) is 0 Å². The van der Waals surface area contributed by atoms with Crippen molar-refractivity contribution >= 4 is 5.97 Å². The molecule has 100 valence electrons.